The summed E-state index contributed by atoms with van der Waals surface area (Å²) in [5.74, 6) is 0.150. The molecule has 4 heteroatoms. The van der Waals surface area contributed by atoms with Crippen LogP contribution in [0.4, 0.5) is 11.4 Å². The van der Waals surface area contributed by atoms with Crippen molar-refractivity contribution in [1.82, 2.24) is 0 Å². The molecule has 1 amide bonds. The molecule has 0 aromatic heterocycles. The van der Waals surface area contributed by atoms with Gasteiger partial charge in [-0.2, -0.15) is 0 Å². The lowest BCUT2D eigenvalue weighted by atomic mass is 10.2. The number of rotatable bonds is 1. The van der Waals surface area contributed by atoms with Gasteiger partial charge in [-0.05, 0) is 18.2 Å². The fraction of sp³-hybridized carbons (Fsp3) is 0.300. The van der Waals surface area contributed by atoms with E-state index in [0.29, 0.717) is 12.1 Å². The zero-order chi connectivity index (χ0) is 10.1. The predicted octanol–water partition coefficient (Wildman–Crippen LogP) is 1.77. The number of carbonyl (C=O) groups is 1. The molecule has 0 saturated carbocycles. The minimum atomic E-state index is 0.150. The van der Waals surface area contributed by atoms with Crippen molar-refractivity contribution >= 4 is 33.2 Å². The highest BCUT2D eigenvalue weighted by atomic mass is 79.9. The van der Waals surface area contributed by atoms with Gasteiger partial charge in [0.1, 0.15) is 0 Å². The number of hydrogen-bond acceptors (Lipinski definition) is 2. The molecule has 1 atom stereocenters. The molecule has 1 fully saturated rings. The predicted molar refractivity (Wildman–Crippen MR) is 60.5 cm³/mol. The topological polar surface area (TPSA) is 46.3 Å². The fourth-order valence-corrected chi connectivity index (χ4v) is 2.17. The maximum absolute atomic E-state index is 11.6. The van der Waals surface area contributed by atoms with Crippen molar-refractivity contribution in [2.24, 2.45) is 0 Å². The van der Waals surface area contributed by atoms with E-state index in [4.69, 9.17) is 5.73 Å². The van der Waals surface area contributed by atoms with Crippen molar-refractivity contribution in [3.8, 4) is 0 Å². The van der Waals surface area contributed by atoms with Crippen LogP contribution in [0.1, 0.15) is 6.42 Å². The molecule has 1 aromatic rings. The molecule has 1 saturated heterocycles. The van der Waals surface area contributed by atoms with Crippen LogP contribution in [0.2, 0.25) is 0 Å². The van der Waals surface area contributed by atoms with E-state index in [2.05, 4.69) is 15.9 Å². The molecule has 1 heterocycles. The van der Waals surface area contributed by atoms with E-state index in [9.17, 15) is 4.79 Å². The molecule has 14 heavy (non-hydrogen) atoms. The van der Waals surface area contributed by atoms with Crippen molar-refractivity contribution in [3.63, 3.8) is 0 Å². The van der Waals surface area contributed by atoms with Crippen LogP contribution in [0.15, 0.2) is 24.3 Å². The van der Waals surface area contributed by atoms with Crippen LogP contribution in [0.3, 0.4) is 0 Å². The zero-order valence-electron chi connectivity index (χ0n) is 7.61. The van der Waals surface area contributed by atoms with Gasteiger partial charge >= 0.3 is 0 Å². The van der Waals surface area contributed by atoms with Crippen molar-refractivity contribution in [2.45, 2.75) is 11.2 Å². The van der Waals surface area contributed by atoms with E-state index in [1.54, 1.807) is 4.90 Å². The average molecular weight is 255 g/mol. The van der Waals surface area contributed by atoms with E-state index in [1.165, 1.54) is 0 Å². The molecule has 0 spiro atoms. The highest BCUT2D eigenvalue weighted by Gasteiger charge is 2.28. The van der Waals surface area contributed by atoms with Gasteiger partial charge in [-0.25, -0.2) is 0 Å². The monoisotopic (exact) mass is 254 g/mol. The van der Waals surface area contributed by atoms with E-state index < -0.39 is 0 Å². The number of anilines is 2. The third-order valence-electron chi connectivity index (χ3n) is 2.26. The minimum Gasteiger partial charge on any atom is -0.399 e. The quantitative estimate of drug-likeness (QED) is 0.614. The molecule has 1 aliphatic rings. The second-order valence-corrected chi connectivity index (χ2v) is 4.70. The Balaban J connectivity index is 2.27. The number of benzene rings is 1. The Kier molecular flexibility index (Phi) is 2.46. The van der Waals surface area contributed by atoms with Gasteiger partial charge in [-0.15, -0.1) is 0 Å². The number of halogens is 1. The van der Waals surface area contributed by atoms with Crippen LogP contribution in [0.25, 0.3) is 0 Å². The van der Waals surface area contributed by atoms with Gasteiger partial charge in [0.05, 0.1) is 0 Å². The third kappa shape index (κ3) is 1.75. The fourth-order valence-electron chi connectivity index (χ4n) is 1.61. The van der Waals surface area contributed by atoms with Crippen LogP contribution in [-0.2, 0) is 4.79 Å². The largest absolute Gasteiger partial charge is 0.399 e. The number of amides is 1. The van der Waals surface area contributed by atoms with E-state index in [0.717, 1.165) is 12.2 Å². The average Bonchev–Trinajstić information content (AvgIpc) is 2.45. The third-order valence-corrected chi connectivity index (χ3v) is 2.87. The summed E-state index contributed by atoms with van der Waals surface area (Å²) in [5, 5.41) is 0. The first-order valence-corrected chi connectivity index (χ1v) is 5.38. The molecule has 74 valence electrons. The van der Waals surface area contributed by atoms with Gasteiger partial charge in [-0.1, -0.05) is 22.0 Å². The number of nitrogens with zero attached hydrogens (tertiary/aromatic N) is 1. The lowest BCUT2D eigenvalue weighted by Crippen LogP contribution is -2.24. The van der Waals surface area contributed by atoms with Crippen LogP contribution < -0.4 is 10.6 Å². The van der Waals surface area contributed by atoms with Gasteiger partial charge in [0, 0.05) is 29.2 Å². The van der Waals surface area contributed by atoms with Crippen LogP contribution >= 0.6 is 15.9 Å². The van der Waals surface area contributed by atoms with Crippen molar-refractivity contribution in [1.29, 1.82) is 0 Å². The Morgan fingerprint density at radius 3 is 2.86 bits per heavy atom. The number of nitrogens with two attached hydrogens (primary N) is 1. The summed E-state index contributed by atoms with van der Waals surface area (Å²) in [7, 11) is 0. The smallest absolute Gasteiger partial charge is 0.228 e. The first-order valence-electron chi connectivity index (χ1n) is 4.47. The van der Waals surface area contributed by atoms with Crippen molar-refractivity contribution in [3.05, 3.63) is 24.3 Å². The molecule has 2 rings (SSSR count). The summed E-state index contributed by atoms with van der Waals surface area (Å²) in [5.41, 5.74) is 7.23. The summed E-state index contributed by atoms with van der Waals surface area (Å²) in [6.45, 7) is 0.724. The molecule has 2 N–H and O–H groups in total. The molecule has 0 radical (unpaired) electrons. The van der Waals surface area contributed by atoms with E-state index in [-0.39, 0.29) is 10.7 Å². The Hall–Kier alpha value is -1.03. The molecule has 1 aromatic carbocycles. The van der Waals surface area contributed by atoms with Crippen molar-refractivity contribution in [2.75, 3.05) is 17.2 Å². The first kappa shape index (κ1) is 9.52. The summed E-state index contributed by atoms with van der Waals surface area (Å²) in [4.78, 5) is 13.6. The molecule has 1 aliphatic heterocycles. The molecule has 0 bridgehead atoms. The molecule has 1 unspecified atom stereocenters. The van der Waals surface area contributed by atoms with Gasteiger partial charge in [0.15, 0.2) is 0 Å². The highest BCUT2D eigenvalue weighted by molar-refractivity contribution is 9.09. The summed E-state index contributed by atoms with van der Waals surface area (Å²) in [6.07, 6.45) is 0.564. The molecular formula is C10H11BrN2O. The Morgan fingerprint density at radius 1 is 1.50 bits per heavy atom. The Morgan fingerprint density at radius 2 is 2.29 bits per heavy atom. The van der Waals surface area contributed by atoms with Crippen LogP contribution in [0, 0.1) is 0 Å². The summed E-state index contributed by atoms with van der Waals surface area (Å²) >= 11 is 3.44. The molecule has 3 nitrogen and oxygen atoms in total. The second-order valence-electron chi connectivity index (χ2n) is 3.40. The van der Waals surface area contributed by atoms with E-state index in [1.807, 2.05) is 24.3 Å². The molecule has 0 aliphatic carbocycles. The maximum atomic E-state index is 11.6. The number of hydrogen-bond donors (Lipinski definition) is 1. The van der Waals surface area contributed by atoms with Gasteiger partial charge in [0.2, 0.25) is 5.91 Å². The van der Waals surface area contributed by atoms with Gasteiger partial charge in [-0.3, -0.25) is 4.79 Å². The van der Waals surface area contributed by atoms with Gasteiger partial charge in [0.25, 0.3) is 0 Å². The second kappa shape index (κ2) is 3.61. The number of carbonyl (C=O) groups excluding carboxylic acids is 1. The number of nitrogen functional groups attached to an aromatic ring is 1. The SMILES string of the molecule is Nc1cccc(N2CC(Br)CC2=O)c1. The zero-order valence-corrected chi connectivity index (χ0v) is 9.20. The van der Waals surface area contributed by atoms with Crippen molar-refractivity contribution < 1.29 is 4.79 Å². The number of alkyl halides is 1. The Labute approximate surface area is 91.0 Å². The summed E-state index contributed by atoms with van der Waals surface area (Å²) < 4.78 is 0. The molecular weight excluding hydrogens is 244 g/mol. The van der Waals surface area contributed by atoms with Crippen LogP contribution in [0.5, 0.6) is 0 Å². The van der Waals surface area contributed by atoms with Gasteiger partial charge < -0.3 is 10.6 Å². The standard InChI is InChI=1S/C10H11BrN2O/c11-7-4-10(14)13(6-7)9-3-1-2-8(12)5-9/h1-3,5,7H,4,6,12H2. The highest BCUT2D eigenvalue weighted by Crippen LogP contribution is 2.26. The Bertz CT molecular complexity index is 367. The minimum absolute atomic E-state index is 0.150. The summed E-state index contributed by atoms with van der Waals surface area (Å²) in [6, 6.07) is 7.40. The first-order chi connectivity index (χ1) is 6.66. The lowest BCUT2D eigenvalue weighted by Gasteiger charge is -2.15. The lowest BCUT2D eigenvalue weighted by molar-refractivity contribution is -0.117. The normalized spacial score (nSPS) is 21.6. The van der Waals surface area contributed by atoms with Crippen LogP contribution in [-0.4, -0.2) is 17.3 Å². The maximum Gasteiger partial charge on any atom is 0.228 e. The van der Waals surface area contributed by atoms with E-state index >= 15 is 0 Å².